The van der Waals surface area contributed by atoms with Gasteiger partial charge in [-0.2, -0.15) is 5.10 Å². The fourth-order valence-corrected chi connectivity index (χ4v) is 4.31. The maximum absolute atomic E-state index is 13.0. The lowest BCUT2D eigenvalue weighted by molar-refractivity contribution is -0.121. The standard InChI is InChI=1S/C21H26N4O3/c1-28-18-5-3-2-4-17(18)25-15-16(14-23-25)20(27)24-12-9-21(10-13-24)7-6-19(26)22-11-8-21/h2-5,14-15H,6-13H2,1H3,(H,22,26). The molecule has 0 bridgehead atoms. The Balaban J connectivity index is 1.44. The Hall–Kier alpha value is -2.83. The fraction of sp³-hybridized carbons (Fsp3) is 0.476. The molecule has 1 aromatic heterocycles. The lowest BCUT2D eigenvalue weighted by Gasteiger charge is -2.41. The van der Waals surface area contributed by atoms with E-state index in [2.05, 4.69) is 10.4 Å². The van der Waals surface area contributed by atoms with Crippen molar-refractivity contribution in [1.82, 2.24) is 20.0 Å². The first-order valence-corrected chi connectivity index (χ1v) is 9.84. The summed E-state index contributed by atoms with van der Waals surface area (Å²) in [5.74, 6) is 0.874. The number of para-hydroxylation sites is 2. The Bertz CT molecular complexity index is 868. The minimum absolute atomic E-state index is 0.0128. The van der Waals surface area contributed by atoms with Gasteiger partial charge in [0.25, 0.3) is 5.91 Å². The molecule has 2 aliphatic heterocycles. The molecule has 0 saturated carbocycles. The van der Waals surface area contributed by atoms with Crippen LogP contribution in [0.4, 0.5) is 0 Å². The van der Waals surface area contributed by atoms with E-state index in [0.717, 1.165) is 51.0 Å². The quantitative estimate of drug-likeness (QED) is 0.884. The highest BCUT2D eigenvalue weighted by molar-refractivity contribution is 5.94. The van der Waals surface area contributed by atoms with Gasteiger partial charge in [-0.15, -0.1) is 0 Å². The summed E-state index contributed by atoms with van der Waals surface area (Å²) in [7, 11) is 1.62. The molecular weight excluding hydrogens is 356 g/mol. The number of aromatic nitrogens is 2. The van der Waals surface area contributed by atoms with E-state index >= 15 is 0 Å². The summed E-state index contributed by atoms with van der Waals surface area (Å²) < 4.78 is 7.06. The molecule has 1 N–H and O–H groups in total. The lowest BCUT2D eigenvalue weighted by atomic mass is 9.73. The number of piperidine rings is 1. The van der Waals surface area contributed by atoms with E-state index in [4.69, 9.17) is 4.74 Å². The molecule has 2 saturated heterocycles. The number of likely N-dealkylation sites (tertiary alicyclic amines) is 1. The highest BCUT2D eigenvalue weighted by Crippen LogP contribution is 2.40. The number of methoxy groups -OCH3 is 1. The second kappa shape index (κ2) is 7.66. The number of hydrogen-bond acceptors (Lipinski definition) is 4. The Morgan fingerprint density at radius 1 is 1.18 bits per heavy atom. The molecule has 2 aromatic rings. The fourth-order valence-electron chi connectivity index (χ4n) is 4.31. The van der Waals surface area contributed by atoms with Gasteiger partial charge in [0.1, 0.15) is 11.4 Å². The molecule has 0 unspecified atom stereocenters. The monoisotopic (exact) mass is 382 g/mol. The number of nitrogens with zero attached hydrogens (tertiary/aromatic N) is 3. The van der Waals surface area contributed by atoms with Gasteiger partial charge in [-0.1, -0.05) is 12.1 Å². The number of hydrogen-bond donors (Lipinski definition) is 1. The second-order valence-corrected chi connectivity index (χ2v) is 7.74. The molecule has 148 valence electrons. The molecular formula is C21H26N4O3. The van der Waals surface area contributed by atoms with Crippen LogP contribution in [-0.4, -0.2) is 53.2 Å². The molecule has 1 spiro atoms. The highest BCUT2D eigenvalue weighted by Gasteiger charge is 2.37. The van der Waals surface area contributed by atoms with Crippen molar-refractivity contribution >= 4 is 11.8 Å². The number of amides is 2. The third kappa shape index (κ3) is 3.61. The first-order valence-electron chi connectivity index (χ1n) is 9.84. The van der Waals surface area contributed by atoms with Gasteiger partial charge < -0.3 is 15.0 Å². The predicted octanol–water partition coefficient (Wildman–Crippen LogP) is 2.40. The average Bonchev–Trinajstić information content (AvgIpc) is 3.15. The largest absolute Gasteiger partial charge is 0.494 e. The molecule has 3 heterocycles. The van der Waals surface area contributed by atoms with Crippen LogP contribution in [0.3, 0.4) is 0 Å². The Morgan fingerprint density at radius 3 is 2.75 bits per heavy atom. The average molecular weight is 382 g/mol. The summed E-state index contributed by atoms with van der Waals surface area (Å²) in [6.45, 7) is 2.21. The molecule has 2 amide bonds. The number of nitrogens with one attached hydrogen (secondary N) is 1. The predicted molar refractivity (Wildman–Crippen MR) is 105 cm³/mol. The number of rotatable bonds is 3. The van der Waals surface area contributed by atoms with E-state index in [9.17, 15) is 9.59 Å². The van der Waals surface area contributed by atoms with Crippen molar-refractivity contribution in [2.75, 3.05) is 26.7 Å². The molecule has 1 aromatic carbocycles. The van der Waals surface area contributed by atoms with Crippen molar-refractivity contribution in [3.8, 4) is 11.4 Å². The molecule has 0 aliphatic carbocycles. The second-order valence-electron chi connectivity index (χ2n) is 7.74. The van der Waals surface area contributed by atoms with Gasteiger partial charge in [-0.05, 0) is 43.2 Å². The summed E-state index contributed by atoms with van der Waals surface area (Å²) in [5, 5.41) is 7.32. The first kappa shape index (κ1) is 18.5. The van der Waals surface area contributed by atoms with Gasteiger partial charge in [0.2, 0.25) is 5.91 Å². The molecule has 2 aliphatic rings. The summed E-state index contributed by atoms with van der Waals surface area (Å²) in [4.78, 5) is 26.5. The van der Waals surface area contributed by atoms with Crippen LogP contribution < -0.4 is 10.1 Å². The molecule has 7 heteroatoms. The normalized spacial score (nSPS) is 19.2. The minimum atomic E-state index is 0.0128. The minimum Gasteiger partial charge on any atom is -0.494 e. The van der Waals surface area contributed by atoms with Crippen LogP contribution in [0, 0.1) is 5.41 Å². The number of carbonyl (C=O) groups is 2. The number of benzene rings is 1. The zero-order chi connectivity index (χ0) is 19.6. The zero-order valence-electron chi connectivity index (χ0n) is 16.2. The van der Waals surface area contributed by atoms with E-state index in [0.29, 0.717) is 17.7 Å². The van der Waals surface area contributed by atoms with Crippen molar-refractivity contribution in [2.24, 2.45) is 5.41 Å². The van der Waals surface area contributed by atoms with Crippen LogP contribution in [0.1, 0.15) is 42.5 Å². The summed E-state index contributed by atoms with van der Waals surface area (Å²) >= 11 is 0. The van der Waals surface area contributed by atoms with Crippen molar-refractivity contribution < 1.29 is 14.3 Å². The van der Waals surface area contributed by atoms with E-state index in [-0.39, 0.29) is 17.2 Å². The first-order chi connectivity index (χ1) is 13.6. The summed E-state index contributed by atoms with van der Waals surface area (Å²) in [6.07, 6.45) is 7.81. The molecule has 0 radical (unpaired) electrons. The maximum Gasteiger partial charge on any atom is 0.257 e. The van der Waals surface area contributed by atoms with Crippen LogP contribution in [-0.2, 0) is 4.79 Å². The zero-order valence-corrected chi connectivity index (χ0v) is 16.2. The van der Waals surface area contributed by atoms with E-state index in [1.54, 1.807) is 24.2 Å². The van der Waals surface area contributed by atoms with Gasteiger partial charge in [0.05, 0.1) is 18.9 Å². The number of carbonyl (C=O) groups excluding carboxylic acids is 2. The van der Waals surface area contributed by atoms with Gasteiger partial charge in [-0.25, -0.2) is 4.68 Å². The number of ether oxygens (including phenoxy) is 1. The topological polar surface area (TPSA) is 76.5 Å². The van der Waals surface area contributed by atoms with Crippen molar-refractivity contribution in [1.29, 1.82) is 0 Å². The Kier molecular flexibility index (Phi) is 5.07. The van der Waals surface area contributed by atoms with E-state index in [1.165, 1.54) is 0 Å². The van der Waals surface area contributed by atoms with Crippen molar-refractivity contribution in [2.45, 2.75) is 32.1 Å². The van der Waals surface area contributed by atoms with Gasteiger partial charge >= 0.3 is 0 Å². The molecule has 7 nitrogen and oxygen atoms in total. The van der Waals surface area contributed by atoms with E-state index in [1.807, 2.05) is 29.2 Å². The van der Waals surface area contributed by atoms with Gasteiger partial charge in [-0.3, -0.25) is 9.59 Å². The van der Waals surface area contributed by atoms with Crippen LogP contribution >= 0.6 is 0 Å². The molecule has 28 heavy (non-hydrogen) atoms. The summed E-state index contributed by atoms with van der Waals surface area (Å²) in [5.41, 5.74) is 1.58. The third-order valence-electron chi connectivity index (χ3n) is 6.13. The lowest BCUT2D eigenvalue weighted by Crippen LogP contribution is -2.43. The van der Waals surface area contributed by atoms with Crippen LogP contribution in [0.2, 0.25) is 0 Å². The Labute approximate surface area is 164 Å². The van der Waals surface area contributed by atoms with E-state index < -0.39 is 0 Å². The maximum atomic E-state index is 13.0. The molecule has 0 atom stereocenters. The molecule has 2 fully saturated rings. The SMILES string of the molecule is COc1ccccc1-n1cc(C(=O)N2CCC3(CCNC(=O)CC3)CC2)cn1. The highest BCUT2D eigenvalue weighted by atomic mass is 16.5. The Morgan fingerprint density at radius 2 is 1.96 bits per heavy atom. The van der Waals surface area contributed by atoms with Crippen LogP contribution in [0.5, 0.6) is 5.75 Å². The third-order valence-corrected chi connectivity index (χ3v) is 6.13. The smallest absolute Gasteiger partial charge is 0.257 e. The van der Waals surface area contributed by atoms with Gasteiger partial charge in [0.15, 0.2) is 0 Å². The van der Waals surface area contributed by atoms with Crippen LogP contribution in [0.15, 0.2) is 36.7 Å². The summed E-state index contributed by atoms with van der Waals surface area (Å²) in [6, 6.07) is 7.59. The van der Waals surface area contributed by atoms with Crippen LogP contribution in [0.25, 0.3) is 5.69 Å². The van der Waals surface area contributed by atoms with Crippen molar-refractivity contribution in [3.63, 3.8) is 0 Å². The van der Waals surface area contributed by atoms with Crippen molar-refractivity contribution in [3.05, 3.63) is 42.2 Å². The van der Waals surface area contributed by atoms with Gasteiger partial charge in [0, 0.05) is 32.3 Å². The molecule has 4 rings (SSSR count).